The van der Waals surface area contributed by atoms with Gasteiger partial charge in [-0.05, 0) is 37.3 Å². The number of methoxy groups -OCH3 is 1. The SMILES string of the molecule is COc1cccc(NC(=O)C(=O)N[C@@H](CC(C)C)C(=O)N[C@@H](C[C@@H]2CCNC2=O)C(=O)COc2c(F)c(F)cc(F)c2F)c1. The van der Waals surface area contributed by atoms with Crippen LogP contribution in [0, 0.1) is 35.1 Å². The van der Waals surface area contributed by atoms with Gasteiger partial charge in [0.1, 0.15) is 18.4 Å². The fourth-order valence-corrected chi connectivity index (χ4v) is 4.43. The number of halogens is 4. The molecule has 0 saturated carbocycles. The first-order valence-corrected chi connectivity index (χ1v) is 13.6. The second-order valence-electron chi connectivity index (χ2n) is 10.5. The van der Waals surface area contributed by atoms with Crippen LogP contribution >= 0.6 is 0 Å². The van der Waals surface area contributed by atoms with Crippen LogP contribution in [0.4, 0.5) is 23.2 Å². The highest BCUT2D eigenvalue weighted by molar-refractivity contribution is 6.40. The number of hydrogen-bond donors (Lipinski definition) is 4. The number of amides is 4. The highest BCUT2D eigenvalue weighted by atomic mass is 19.2. The number of ketones is 1. The molecule has 2 aromatic rings. The summed E-state index contributed by atoms with van der Waals surface area (Å²) < 4.78 is 65.1. The number of rotatable bonds is 13. The third-order valence-corrected chi connectivity index (χ3v) is 6.68. The number of Topliss-reactive ketones (excluding diaryl/α,β-unsaturated/α-hetero) is 1. The molecule has 1 aliphatic rings. The van der Waals surface area contributed by atoms with E-state index in [0.29, 0.717) is 18.7 Å². The van der Waals surface area contributed by atoms with E-state index >= 15 is 0 Å². The number of benzene rings is 2. The zero-order valence-electron chi connectivity index (χ0n) is 24.1. The molecule has 0 bridgehead atoms. The van der Waals surface area contributed by atoms with Crippen molar-refractivity contribution < 1.29 is 51.0 Å². The molecule has 11 nitrogen and oxygen atoms in total. The van der Waals surface area contributed by atoms with Crippen LogP contribution in [0.5, 0.6) is 11.5 Å². The van der Waals surface area contributed by atoms with Crippen molar-refractivity contribution in [3.05, 3.63) is 53.6 Å². The summed E-state index contributed by atoms with van der Waals surface area (Å²) in [6.07, 6.45) is 0.0968. The average molecular weight is 625 g/mol. The molecule has 0 radical (unpaired) electrons. The van der Waals surface area contributed by atoms with Gasteiger partial charge in [-0.3, -0.25) is 24.0 Å². The maximum absolute atomic E-state index is 14.1. The van der Waals surface area contributed by atoms with Crippen LogP contribution in [0.25, 0.3) is 0 Å². The van der Waals surface area contributed by atoms with E-state index in [9.17, 15) is 41.5 Å². The lowest BCUT2D eigenvalue weighted by Crippen LogP contribution is -2.54. The molecule has 44 heavy (non-hydrogen) atoms. The van der Waals surface area contributed by atoms with E-state index in [1.54, 1.807) is 26.0 Å². The smallest absolute Gasteiger partial charge is 0.313 e. The minimum Gasteiger partial charge on any atom is -0.497 e. The number of carbonyl (C=O) groups is 5. The van der Waals surface area contributed by atoms with E-state index in [1.807, 2.05) is 0 Å². The van der Waals surface area contributed by atoms with Crippen LogP contribution in [-0.4, -0.2) is 61.8 Å². The molecule has 0 spiro atoms. The van der Waals surface area contributed by atoms with Gasteiger partial charge in [-0.1, -0.05) is 19.9 Å². The lowest BCUT2D eigenvalue weighted by Gasteiger charge is -2.25. The van der Waals surface area contributed by atoms with E-state index in [0.717, 1.165) is 0 Å². The van der Waals surface area contributed by atoms with Crippen molar-refractivity contribution >= 4 is 35.1 Å². The Balaban J connectivity index is 1.75. The van der Waals surface area contributed by atoms with Gasteiger partial charge in [0, 0.05) is 30.3 Å². The quantitative estimate of drug-likeness (QED) is 0.152. The Bertz CT molecular complexity index is 1400. The Morgan fingerprint density at radius 1 is 0.977 bits per heavy atom. The van der Waals surface area contributed by atoms with Crippen LogP contribution in [0.2, 0.25) is 0 Å². The maximum Gasteiger partial charge on any atom is 0.313 e. The number of carbonyl (C=O) groups excluding carboxylic acids is 5. The Morgan fingerprint density at radius 2 is 1.66 bits per heavy atom. The molecule has 4 amide bonds. The zero-order valence-corrected chi connectivity index (χ0v) is 24.1. The summed E-state index contributed by atoms with van der Waals surface area (Å²) in [4.78, 5) is 63.9. The van der Waals surface area contributed by atoms with Crippen LogP contribution in [0.3, 0.4) is 0 Å². The second-order valence-corrected chi connectivity index (χ2v) is 10.5. The average Bonchev–Trinajstić information content (AvgIpc) is 3.38. The highest BCUT2D eigenvalue weighted by Gasteiger charge is 2.34. The first-order valence-electron chi connectivity index (χ1n) is 13.6. The molecule has 2 aromatic carbocycles. The van der Waals surface area contributed by atoms with Crippen molar-refractivity contribution in [3.8, 4) is 11.5 Å². The van der Waals surface area contributed by atoms with E-state index < -0.39 is 83.0 Å². The molecule has 1 heterocycles. The molecule has 0 unspecified atom stereocenters. The molecule has 0 aliphatic carbocycles. The summed E-state index contributed by atoms with van der Waals surface area (Å²) in [6, 6.07) is 3.37. The zero-order chi connectivity index (χ0) is 32.6. The normalized spacial score (nSPS) is 15.6. The molecule has 1 fully saturated rings. The summed E-state index contributed by atoms with van der Waals surface area (Å²) >= 11 is 0. The molecule has 238 valence electrons. The Morgan fingerprint density at radius 3 is 2.25 bits per heavy atom. The van der Waals surface area contributed by atoms with Crippen LogP contribution in [0.1, 0.15) is 33.1 Å². The van der Waals surface area contributed by atoms with Gasteiger partial charge in [0.25, 0.3) is 0 Å². The lowest BCUT2D eigenvalue weighted by atomic mass is 9.95. The van der Waals surface area contributed by atoms with Gasteiger partial charge in [-0.15, -0.1) is 0 Å². The van der Waals surface area contributed by atoms with E-state index in [1.165, 1.54) is 19.2 Å². The maximum atomic E-state index is 14.1. The molecular weight excluding hydrogens is 592 g/mol. The van der Waals surface area contributed by atoms with Gasteiger partial charge < -0.3 is 30.7 Å². The summed E-state index contributed by atoms with van der Waals surface area (Å²) in [5.74, 6) is -13.7. The van der Waals surface area contributed by atoms with Crippen molar-refractivity contribution in [2.24, 2.45) is 11.8 Å². The van der Waals surface area contributed by atoms with Gasteiger partial charge in [0.2, 0.25) is 23.4 Å². The van der Waals surface area contributed by atoms with Gasteiger partial charge in [0.15, 0.2) is 23.2 Å². The van der Waals surface area contributed by atoms with Gasteiger partial charge in [-0.25, -0.2) is 8.78 Å². The van der Waals surface area contributed by atoms with Crippen molar-refractivity contribution in [2.75, 3.05) is 25.6 Å². The van der Waals surface area contributed by atoms with Crippen LogP contribution in [-0.2, 0) is 24.0 Å². The number of anilines is 1. The second kappa shape index (κ2) is 15.2. The Hall–Kier alpha value is -4.69. The minimum atomic E-state index is -1.86. The molecule has 1 aliphatic heterocycles. The monoisotopic (exact) mass is 624 g/mol. The summed E-state index contributed by atoms with van der Waals surface area (Å²) in [5, 5.41) is 9.71. The number of nitrogens with one attached hydrogen (secondary N) is 4. The van der Waals surface area contributed by atoms with E-state index in [2.05, 4.69) is 21.3 Å². The fraction of sp³-hybridized carbons (Fsp3) is 0.414. The van der Waals surface area contributed by atoms with E-state index in [4.69, 9.17) is 9.47 Å². The van der Waals surface area contributed by atoms with Crippen molar-refractivity contribution in [2.45, 2.75) is 45.2 Å². The minimum absolute atomic E-state index is 0.0266. The van der Waals surface area contributed by atoms with Crippen LogP contribution in [0.15, 0.2) is 30.3 Å². The Labute approximate surface area is 250 Å². The standard InChI is InChI=1S/C29H32F4N4O7/c1-14(2)9-21(37-29(42)28(41)35-16-5-4-6-17(11-16)43-3)27(40)36-20(10-15-7-8-34-26(15)39)22(38)13-44-25-23(32)18(30)12-19(31)24(25)33/h4-6,11-12,14-15,20-21H,7-10,13H2,1-3H3,(H,34,39)(H,35,41)(H,36,40)(H,37,42)/t15-,20-,21-/m0/s1. The van der Waals surface area contributed by atoms with Crippen molar-refractivity contribution in [1.29, 1.82) is 0 Å². The van der Waals surface area contributed by atoms with Crippen molar-refractivity contribution in [3.63, 3.8) is 0 Å². The summed E-state index contributed by atoms with van der Waals surface area (Å²) in [6.45, 7) is 2.66. The third kappa shape index (κ3) is 8.91. The first kappa shape index (κ1) is 33.8. The molecular formula is C29H32F4N4O7. The van der Waals surface area contributed by atoms with Gasteiger partial charge >= 0.3 is 11.8 Å². The predicted octanol–water partition coefficient (Wildman–Crippen LogP) is 2.38. The molecule has 3 atom stereocenters. The molecule has 3 rings (SSSR count). The first-order chi connectivity index (χ1) is 20.8. The highest BCUT2D eigenvalue weighted by Crippen LogP contribution is 2.27. The largest absolute Gasteiger partial charge is 0.497 e. The molecule has 1 saturated heterocycles. The summed E-state index contributed by atoms with van der Waals surface area (Å²) in [7, 11) is 1.42. The number of hydrogen-bond acceptors (Lipinski definition) is 7. The van der Waals surface area contributed by atoms with Crippen LogP contribution < -0.4 is 30.7 Å². The van der Waals surface area contributed by atoms with Gasteiger partial charge in [0.05, 0.1) is 13.2 Å². The predicted molar refractivity (Wildman–Crippen MR) is 147 cm³/mol. The fourth-order valence-electron chi connectivity index (χ4n) is 4.43. The Kier molecular flexibility index (Phi) is 11.6. The van der Waals surface area contributed by atoms with Gasteiger partial charge in [-0.2, -0.15) is 8.78 Å². The topological polar surface area (TPSA) is 152 Å². The third-order valence-electron chi connectivity index (χ3n) is 6.68. The molecule has 0 aromatic heterocycles. The summed E-state index contributed by atoms with van der Waals surface area (Å²) in [5.41, 5.74) is 0.251. The number of ether oxygens (including phenoxy) is 2. The lowest BCUT2D eigenvalue weighted by molar-refractivity contribution is -0.138. The van der Waals surface area contributed by atoms with Crippen molar-refractivity contribution in [1.82, 2.24) is 16.0 Å². The molecule has 15 heteroatoms. The molecule has 4 N–H and O–H groups in total. The van der Waals surface area contributed by atoms with E-state index in [-0.39, 0.29) is 30.5 Å².